The summed E-state index contributed by atoms with van der Waals surface area (Å²) >= 11 is 0. The van der Waals surface area contributed by atoms with Crippen LogP contribution in [-0.2, 0) is 11.3 Å². The Bertz CT molecular complexity index is 2450. The number of hydrogen-bond acceptors (Lipinski definition) is 8. The summed E-state index contributed by atoms with van der Waals surface area (Å²) in [7, 11) is 1.63. The standard InChI is InChI=1S/C44H47FN8O5/c1-44(2,17-13-35-25-30-24-32(42(55)50-18-5-4-6-19-50)27-48-40(30)53(35)34-7-10-37(57-3)11-8-34)58-49-41(54)38-12-9-36(28-46-38)52-22-14-29-23-31(26-47-39(29)52)43(56)51-20-15-33(45)16-21-51/h7-12,14,22-28,33H,4-6,13,15-21H2,1-3H3,(H,49,54). The molecule has 1 N–H and O–H groups in total. The molecular weight excluding hydrogens is 740 g/mol. The molecule has 2 aliphatic heterocycles. The van der Waals surface area contributed by atoms with E-state index in [4.69, 9.17) is 14.6 Å². The van der Waals surface area contributed by atoms with E-state index in [0.29, 0.717) is 61.2 Å². The average molecular weight is 787 g/mol. The summed E-state index contributed by atoms with van der Waals surface area (Å²) < 4.78 is 22.9. The molecule has 2 saturated heterocycles. The predicted molar refractivity (Wildman–Crippen MR) is 217 cm³/mol. The van der Waals surface area contributed by atoms with Crippen molar-refractivity contribution in [1.82, 2.24) is 39.4 Å². The molecule has 2 fully saturated rings. The van der Waals surface area contributed by atoms with Crippen molar-refractivity contribution < 1.29 is 28.3 Å². The van der Waals surface area contributed by atoms with Gasteiger partial charge in [0.15, 0.2) is 0 Å². The van der Waals surface area contributed by atoms with Gasteiger partial charge in [0.2, 0.25) is 0 Å². The van der Waals surface area contributed by atoms with Crippen molar-refractivity contribution in [2.45, 2.75) is 70.6 Å². The van der Waals surface area contributed by atoms with E-state index >= 15 is 0 Å². The first kappa shape index (κ1) is 38.7. The highest BCUT2D eigenvalue weighted by Gasteiger charge is 2.26. The summed E-state index contributed by atoms with van der Waals surface area (Å²) in [4.78, 5) is 62.9. The topological polar surface area (TPSA) is 137 Å². The molecule has 8 rings (SSSR count). The number of hydroxylamine groups is 1. The van der Waals surface area contributed by atoms with Crippen molar-refractivity contribution in [2.75, 3.05) is 33.3 Å². The molecule has 3 amide bonds. The summed E-state index contributed by atoms with van der Waals surface area (Å²) in [6.07, 6.45) is 10.8. The number of aryl methyl sites for hydroxylation is 1. The Morgan fingerprint density at radius 3 is 2.10 bits per heavy atom. The van der Waals surface area contributed by atoms with Gasteiger partial charge in [0.05, 0.1) is 35.7 Å². The first-order valence-corrected chi connectivity index (χ1v) is 19.9. The Labute approximate surface area is 335 Å². The average Bonchev–Trinajstić information content (AvgIpc) is 3.86. The van der Waals surface area contributed by atoms with Crippen molar-refractivity contribution in [3.05, 3.63) is 108 Å². The minimum absolute atomic E-state index is 0.00840. The molecule has 0 saturated carbocycles. The van der Waals surface area contributed by atoms with Gasteiger partial charge in [-0.15, -0.1) is 0 Å². The van der Waals surface area contributed by atoms with Crippen LogP contribution >= 0.6 is 0 Å². The lowest BCUT2D eigenvalue weighted by Gasteiger charge is -2.28. The number of fused-ring (bicyclic) bond motifs is 2. The van der Waals surface area contributed by atoms with E-state index < -0.39 is 17.7 Å². The Kier molecular flexibility index (Phi) is 10.9. The van der Waals surface area contributed by atoms with E-state index in [9.17, 15) is 18.8 Å². The van der Waals surface area contributed by atoms with E-state index in [1.807, 2.05) is 65.9 Å². The number of carbonyl (C=O) groups excluding carboxylic acids is 3. The third-order valence-electron chi connectivity index (χ3n) is 11.1. The van der Waals surface area contributed by atoms with Crippen LogP contribution in [0.1, 0.15) is 89.3 Å². The molecule has 0 atom stereocenters. The van der Waals surface area contributed by atoms with Gasteiger partial charge in [0.25, 0.3) is 17.7 Å². The normalized spacial score (nSPS) is 15.2. The number of hydrogen-bond donors (Lipinski definition) is 1. The van der Waals surface area contributed by atoms with Gasteiger partial charge in [-0.05, 0) is 119 Å². The van der Waals surface area contributed by atoms with Crippen molar-refractivity contribution in [3.8, 4) is 17.1 Å². The lowest BCUT2D eigenvalue weighted by atomic mass is 10.0. The number of halogens is 1. The Hall–Kier alpha value is -6.15. The second kappa shape index (κ2) is 16.4. The van der Waals surface area contributed by atoms with Gasteiger partial charge >= 0.3 is 0 Å². The molecule has 7 heterocycles. The van der Waals surface area contributed by atoms with Gasteiger partial charge in [0, 0.05) is 66.9 Å². The van der Waals surface area contributed by atoms with Crippen LogP contribution in [0, 0.1) is 0 Å². The second-order valence-electron chi connectivity index (χ2n) is 15.6. The van der Waals surface area contributed by atoms with Crippen LogP contribution in [-0.4, -0.2) is 96.7 Å². The van der Waals surface area contributed by atoms with Gasteiger partial charge in [-0.3, -0.25) is 28.4 Å². The number of amides is 3. The number of likely N-dealkylation sites (tertiary alicyclic amines) is 2. The fourth-order valence-electron chi connectivity index (χ4n) is 7.71. The fraction of sp³-hybridized carbons (Fsp3) is 0.364. The number of rotatable bonds is 11. The smallest absolute Gasteiger partial charge is 0.293 e. The number of alkyl halides is 1. The molecule has 13 nitrogen and oxygen atoms in total. The summed E-state index contributed by atoms with van der Waals surface area (Å²) in [6.45, 7) is 6.14. The van der Waals surface area contributed by atoms with Crippen LogP contribution in [0.2, 0.25) is 0 Å². The van der Waals surface area contributed by atoms with Gasteiger partial charge in [-0.2, -0.15) is 0 Å². The minimum Gasteiger partial charge on any atom is -0.497 e. The van der Waals surface area contributed by atoms with Gasteiger partial charge in [-0.1, -0.05) is 0 Å². The molecule has 2 aliphatic rings. The third kappa shape index (κ3) is 8.15. The highest BCUT2D eigenvalue weighted by atomic mass is 19.1. The molecule has 0 bridgehead atoms. The molecule has 14 heteroatoms. The maximum absolute atomic E-state index is 13.6. The van der Waals surface area contributed by atoms with Crippen molar-refractivity contribution >= 4 is 39.8 Å². The molecule has 0 radical (unpaired) electrons. The van der Waals surface area contributed by atoms with Crippen LogP contribution in [0.25, 0.3) is 33.4 Å². The summed E-state index contributed by atoms with van der Waals surface area (Å²) in [6, 6.07) is 18.8. The van der Waals surface area contributed by atoms with Crippen molar-refractivity contribution in [2.24, 2.45) is 0 Å². The van der Waals surface area contributed by atoms with Crippen molar-refractivity contribution in [1.29, 1.82) is 0 Å². The first-order valence-electron chi connectivity index (χ1n) is 19.9. The zero-order chi connectivity index (χ0) is 40.4. The zero-order valence-corrected chi connectivity index (χ0v) is 33.0. The van der Waals surface area contributed by atoms with Crippen LogP contribution in [0.3, 0.4) is 0 Å². The van der Waals surface area contributed by atoms with Gasteiger partial charge < -0.3 is 14.5 Å². The molecular formula is C44H47FN8O5. The molecule has 300 valence electrons. The number of nitrogens with zero attached hydrogens (tertiary/aromatic N) is 7. The van der Waals surface area contributed by atoms with Crippen molar-refractivity contribution in [3.63, 3.8) is 0 Å². The molecule has 0 aliphatic carbocycles. The maximum atomic E-state index is 13.6. The highest BCUT2D eigenvalue weighted by molar-refractivity contribution is 5.98. The monoisotopic (exact) mass is 786 g/mol. The van der Waals surface area contributed by atoms with E-state index in [1.54, 1.807) is 48.8 Å². The van der Waals surface area contributed by atoms with Gasteiger partial charge in [-0.25, -0.2) is 24.8 Å². The first-order chi connectivity index (χ1) is 28.1. The Morgan fingerprint density at radius 2 is 1.43 bits per heavy atom. The van der Waals surface area contributed by atoms with Crippen LogP contribution < -0.4 is 10.2 Å². The van der Waals surface area contributed by atoms with E-state index in [2.05, 4.69) is 26.1 Å². The summed E-state index contributed by atoms with van der Waals surface area (Å²) in [5.41, 5.74) is 6.99. The number of ether oxygens (including phenoxy) is 1. The number of carbonyl (C=O) groups is 3. The predicted octanol–water partition coefficient (Wildman–Crippen LogP) is 7.04. The van der Waals surface area contributed by atoms with Gasteiger partial charge in [0.1, 0.15) is 28.9 Å². The molecule has 0 spiro atoms. The molecule has 6 aromatic rings. The third-order valence-corrected chi connectivity index (χ3v) is 11.1. The lowest BCUT2D eigenvalue weighted by molar-refractivity contribution is -0.0747. The zero-order valence-electron chi connectivity index (χ0n) is 33.0. The number of methoxy groups -OCH3 is 1. The van der Waals surface area contributed by atoms with Crippen LogP contribution in [0.15, 0.2) is 85.5 Å². The summed E-state index contributed by atoms with van der Waals surface area (Å²) in [5.74, 6) is 0.109. The molecule has 5 aromatic heterocycles. The van der Waals surface area contributed by atoms with E-state index in [-0.39, 0.29) is 17.5 Å². The SMILES string of the molecule is COc1ccc(-n2c(CCC(C)(C)ONC(=O)c3ccc(-n4ccc5cc(C(=O)N6CCC(F)CC6)cnc54)cn3)cc3cc(C(=O)N4CCCCC4)cnc32)cc1. The van der Waals surface area contributed by atoms with Crippen LogP contribution in [0.5, 0.6) is 5.75 Å². The Balaban J connectivity index is 0.927. The quantitative estimate of drug-likeness (QED) is 0.138. The Morgan fingerprint density at radius 1 is 0.776 bits per heavy atom. The number of nitrogens with one attached hydrogen (secondary N) is 1. The molecule has 1 aromatic carbocycles. The number of benzene rings is 1. The van der Waals surface area contributed by atoms with Crippen LogP contribution in [0.4, 0.5) is 4.39 Å². The fourth-order valence-corrected chi connectivity index (χ4v) is 7.71. The summed E-state index contributed by atoms with van der Waals surface area (Å²) in [5, 5.41) is 1.64. The maximum Gasteiger partial charge on any atom is 0.293 e. The largest absolute Gasteiger partial charge is 0.497 e. The molecule has 0 unspecified atom stereocenters. The minimum atomic E-state index is -0.857. The van der Waals surface area contributed by atoms with E-state index in [1.165, 1.54) is 0 Å². The van der Waals surface area contributed by atoms with E-state index in [0.717, 1.165) is 65.9 Å². The highest BCUT2D eigenvalue weighted by Crippen LogP contribution is 2.29. The number of aromatic nitrogens is 5. The second-order valence-corrected chi connectivity index (χ2v) is 15.6. The molecule has 58 heavy (non-hydrogen) atoms. The number of piperidine rings is 2. The number of pyridine rings is 3. The lowest BCUT2D eigenvalue weighted by Crippen LogP contribution is -2.39.